The smallest absolute Gasteiger partial charge is 0.306 e. The van der Waals surface area contributed by atoms with Crippen LogP contribution in [0, 0.1) is 5.92 Å². The zero-order chi connectivity index (χ0) is 27.6. The van der Waals surface area contributed by atoms with Crippen molar-refractivity contribution in [2.75, 3.05) is 59.4 Å². The van der Waals surface area contributed by atoms with Gasteiger partial charge in [-0.05, 0) is 45.1 Å². The Labute approximate surface area is 221 Å². The number of ether oxygens (including phenoxy) is 4. The van der Waals surface area contributed by atoms with E-state index in [-0.39, 0.29) is 36.5 Å². The van der Waals surface area contributed by atoms with Gasteiger partial charge in [0.1, 0.15) is 19.0 Å². The van der Waals surface area contributed by atoms with Crippen LogP contribution in [-0.2, 0) is 38.1 Å². The van der Waals surface area contributed by atoms with Crippen molar-refractivity contribution in [1.82, 2.24) is 0 Å². The minimum atomic E-state index is -0.780. The zero-order valence-corrected chi connectivity index (χ0v) is 22.7. The number of rotatable bonds is 29. The highest BCUT2D eigenvalue weighted by Gasteiger charge is 2.10. The molecule has 0 aliphatic carbocycles. The van der Waals surface area contributed by atoms with E-state index in [2.05, 4.69) is 0 Å². The third-order valence-corrected chi connectivity index (χ3v) is 5.68. The molecule has 0 heterocycles. The molecule has 0 aromatic carbocycles. The topological polar surface area (TPSA) is 151 Å². The molecule has 0 aromatic rings. The van der Waals surface area contributed by atoms with Gasteiger partial charge in [-0.2, -0.15) is 0 Å². The van der Waals surface area contributed by atoms with Crippen LogP contribution in [0.2, 0.25) is 0 Å². The van der Waals surface area contributed by atoms with E-state index in [4.69, 9.17) is 29.8 Å². The Morgan fingerprint density at radius 2 is 1.08 bits per heavy atom. The van der Waals surface area contributed by atoms with Gasteiger partial charge >= 0.3 is 5.97 Å². The van der Waals surface area contributed by atoms with Crippen LogP contribution >= 0.6 is 0 Å². The molecule has 10 nitrogen and oxygen atoms in total. The van der Waals surface area contributed by atoms with Crippen molar-refractivity contribution in [3.05, 3.63) is 0 Å². The predicted molar refractivity (Wildman–Crippen MR) is 140 cm³/mol. The van der Waals surface area contributed by atoms with E-state index in [0.717, 1.165) is 38.5 Å². The molecule has 1 unspecified atom stereocenters. The first-order valence-corrected chi connectivity index (χ1v) is 13.7. The summed E-state index contributed by atoms with van der Waals surface area (Å²) >= 11 is 0. The summed E-state index contributed by atoms with van der Waals surface area (Å²) in [4.78, 5) is 45.8. The molecule has 10 heteroatoms. The summed E-state index contributed by atoms with van der Waals surface area (Å²) in [6.07, 6.45) is 7.96. The van der Waals surface area contributed by atoms with Gasteiger partial charge in [0.05, 0.1) is 32.3 Å². The van der Waals surface area contributed by atoms with Gasteiger partial charge in [0.15, 0.2) is 11.6 Å². The minimum Gasteiger partial charge on any atom is -0.481 e. The van der Waals surface area contributed by atoms with Gasteiger partial charge in [-0.1, -0.05) is 19.8 Å². The van der Waals surface area contributed by atoms with E-state index in [1.807, 2.05) is 0 Å². The Bertz CT molecular complexity index is 613. The van der Waals surface area contributed by atoms with Crippen molar-refractivity contribution in [3.63, 3.8) is 0 Å². The highest BCUT2D eigenvalue weighted by molar-refractivity contribution is 5.80. The molecular formula is C27H49NO9. The SMILES string of the molecule is CC(CCCCCC(=O)COCCOCCCC(=O)COCCOCCCCC(=O)CCCN)C(=O)O. The summed E-state index contributed by atoms with van der Waals surface area (Å²) in [7, 11) is 0. The number of aliphatic carboxylic acids is 1. The van der Waals surface area contributed by atoms with Crippen molar-refractivity contribution in [3.8, 4) is 0 Å². The van der Waals surface area contributed by atoms with Crippen molar-refractivity contribution in [2.45, 2.75) is 84.0 Å². The van der Waals surface area contributed by atoms with Crippen molar-refractivity contribution in [1.29, 1.82) is 0 Å². The standard InChI is InChI=1S/C27H49NO9/c1-23(27(32)33)9-3-2-4-11-25(30)21-36-20-18-35-16-8-13-26(31)22-37-19-17-34-15-6-5-10-24(29)12-7-14-28/h23H,2-22,28H2,1H3,(H,32,33). The van der Waals surface area contributed by atoms with Crippen LogP contribution in [-0.4, -0.2) is 87.8 Å². The van der Waals surface area contributed by atoms with E-state index in [1.165, 1.54) is 0 Å². The van der Waals surface area contributed by atoms with Gasteiger partial charge in [0, 0.05) is 38.9 Å². The second-order valence-electron chi connectivity index (χ2n) is 9.24. The number of Topliss-reactive ketones (excluding diaryl/α,β-unsaturated/α-hetero) is 3. The molecule has 0 rings (SSSR count). The van der Waals surface area contributed by atoms with Crippen LogP contribution in [0.25, 0.3) is 0 Å². The third-order valence-electron chi connectivity index (χ3n) is 5.68. The number of carboxylic acids is 1. The first-order chi connectivity index (χ1) is 17.9. The molecule has 0 aliphatic rings. The molecule has 0 saturated carbocycles. The van der Waals surface area contributed by atoms with Crippen molar-refractivity contribution >= 4 is 23.3 Å². The van der Waals surface area contributed by atoms with Crippen LogP contribution in [0.1, 0.15) is 84.0 Å². The Balaban J connectivity index is 3.35. The lowest BCUT2D eigenvalue weighted by Crippen LogP contribution is -2.14. The highest BCUT2D eigenvalue weighted by Crippen LogP contribution is 2.10. The lowest BCUT2D eigenvalue weighted by Gasteiger charge is -2.07. The molecule has 1 atom stereocenters. The van der Waals surface area contributed by atoms with Gasteiger partial charge in [0.25, 0.3) is 0 Å². The second kappa shape index (κ2) is 25.9. The Morgan fingerprint density at radius 3 is 1.68 bits per heavy atom. The molecule has 0 bridgehead atoms. The van der Waals surface area contributed by atoms with Crippen LogP contribution in [0.5, 0.6) is 0 Å². The molecule has 0 amide bonds. The average molecular weight is 532 g/mol. The second-order valence-corrected chi connectivity index (χ2v) is 9.24. The molecular weight excluding hydrogens is 482 g/mol. The lowest BCUT2D eigenvalue weighted by atomic mass is 10.0. The number of nitrogens with two attached hydrogens (primary N) is 1. The number of hydrogen-bond acceptors (Lipinski definition) is 9. The van der Waals surface area contributed by atoms with Gasteiger partial charge in [-0.15, -0.1) is 0 Å². The van der Waals surface area contributed by atoms with Crippen molar-refractivity contribution in [2.24, 2.45) is 11.7 Å². The van der Waals surface area contributed by atoms with E-state index < -0.39 is 5.97 Å². The first kappa shape index (κ1) is 35.3. The van der Waals surface area contributed by atoms with E-state index in [9.17, 15) is 19.2 Å². The van der Waals surface area contributed by atoms with Gasteiger partial charge in [-0.3, -0.25) is 19.2 Å². The summed E-state index contributed by atoms with van der Waals surface area (Å²) in [5.41, 5.74) is 5.38. The number of carboxylic acid groups (broad SMARTS) is 1. The predicted octanol–water partition coefficient (Wildman–Crippen LogP) is 3.12. The molecule has 3 N–H and O–H groups in total. The number of carbonyl (C=O) groups excluding carboxylic acids is 3. The van der Waals surface area contributed by atoms with E-state index in [1.54, 1.807) is 6.92 Å². The van der Waals surface area contributed by atoms with Gasteiger partial charge in [0.2, 0.25) is 0 Å². The summed E-state index contributed by atoms with van der Waals surface area (Å²) in [5.74, 6) is -0.818. The molecule has 0 spiro atoms. The Hall–Kier alpha value is -1.72. The number of carbonyl (C=O) groups is 4. The summed E-state index contributed by atoms with van der Waals surface area (Å²) in [5, 5.41) is 8.82. The fourth-order valence-electron chi connectivity index (χ4n) is 3.35. The van der Waals surface area contributed by atoms with Crippen LogP contribution in [0.3, 0.4) is 0 Å². The van der Waals surface area contributed by atoms with Crippen LogP contribution in [0.4, 0.5) is 0 Å². The molecule has 0 aromatic heterocycles. The molecule has 216 valence electrons. The molecule has 0 aliphatic heterocycles. The van der Waals surface area contributed by atoms with E-state index in [0.29, 0.717) is 84.7 Å². The van der Waals surface area contributed by atoms with Crippen molar-refractivity contribution < 1.29 is 43.2 Å². The Kier molecular flexibility index (Phi) is 24.7. The maximum absolute atomic E-state index is 11.8. The summed E-state index contributed by atoms with van der Waals surface area (Å²) in [6.45, 7) is 4.84. The number of ketones is 3. The molecule has 0 radical (unpaired) electrons. The maximum atomic E-state index is 11.8. The highest BCUT2D eigenvalue weighted by atomic mass is 16.5. The lowest BCUT2D eigenvalue weighted by molar-refractivity contribution is -0.141. The number of unbranched alkanes of at least 4 members (excludes halogenated alkanes) is 3. The summed E-state index contributed by atoms with van der Waals surface area (Å²) < 4.78 is 21.5. The molecule has 0 saturated heterocycles. The third kappa shape index (κ3) is 25.7. The zero-order valence-electron chi connectivity index (χ0n) is 22.7. The quantitative estimate of drug-likeness (QED) is 0.138. The van der Waals surface area contributed by atoms with Crippen LogP contribution < -0.4 is 5.73 Å². The molecule has 37 heavy (non-hydrogen) atoms. The number of hydrogen-bond donors (Lipinski definition) is 2. The normalized spacial score (nSPS) is 11.9. The minimum absolute atomic E-state index is 0.0128. The average Bonchev–Trinajstić information content (AvgIpc) is 2.87. The van der Waals surface area contributed by atoms with E-state index >= 15 is 0 Å². The summed E-state index contributed by atoms with van der Waals surface area (Å²) in [6, 6.07) is 0. The first-order valence-electron chi connectivity index (χ1n) is 13.7. The maximum Gasteiger partial charge on any atom is 0.306 e. The van der Waals surface area contributed by atoms with Gasteiger partial charge < -0.3 is 29.8 Å². The van der Waals surface area contributed by atoms with Crippen LogP contribution in [0.15, 0.2) is 0 Å². The fraction of sp³-hybridized carbons (Fsp3) is 0.852. The Morgan fingerprint density at radius 1 is 0.595 bits per heavy atom. The van der Waals surface area contributed by atoms with Gasteiger partial charge in [-0.25, -0.2) is 0 Å². The molecule has 0 fully saturated rings. The monoisotopic (exact) mass is 531 g/mol. The fourth-order valence-corrected chi connectivity index (χ4v) is 3.35. The largest absolute Gasteiger partial charge is 0.481 e.